The molecule has 0 atom stereocenters. The smallest absolute Gasteiger partial charge is 0.242 e. The molecular formula is C21H31N5O2S2. The number of benzene rings is 1. The van der Waals surface area contributed by atoms with Gasteiger partial charge in [-0.05, 0) is 55.0 Å². The standard InChI is InChI=1S/C21H31N5O2S2/c1-4-22-21(24-18-11-13-26(14-12-18)20-6-5-15-29-20)23-16-17-7-9-19(10-8-17)30(27,28)25(2)3/h5-10,15,18H,4,11-14,16H2,1-3H3,(H2,22,23,24). The topological polar surface area (TPSA) is 77.0 Å². The zero-order chi connectivity index (χ0) is 21.6. The third-order valence-electron chi connectivity index (χ3n) is 5.12. The van der Waals surface area contributed by atoms with Gasteiger partial charge in [-0.15, -0.1) is 11.3 Å². The molecule has 2 aromatic rings. The second-order valence-electron chi connectivity index (χ2n) is 7.48. The van der Waals surface area contributed by atoms with Gasteiger partial charge in [-0.2, -0.15) is 0 Å². The highest BCUT2D eigenvalue weighted by Gasteiger charge is 2.21. The van der Waals surface area contributed by atoms with Crippen molar-refractivity contribution in [2.75, 3.05) is 38.6 Å². The van der Waals surface area contributed by atoms with Crippen molar-refractivity contribution in [1.82, 2.24) is 14.9 Å². The Balaban J connectivity index is 1.57. The van der Waals surface area contributed by atoms with E-state index in [4.69, 9.17) is 4.99 Å². The first-order valence-electron chi connectivity index (χ1n) is 10.2. The molecule has 1 saturated heterocycles. The minimum Gasteiger partial charge on any atom is -0.363 e. The summed E-state index contributed by atoms with van der Waals surface area (Å²) < 4.78 is 25.6. The first kappa shape index (κ1) is 22.6. The Bertz CT molecular complexity index is 917. The molecule has 0 spiro atoms. The van der Waals surface area contributed by atoms with E-state index in [0.717, 1.165) is 44.0 Å². The molecule has 0 amide bonds. The number of piperidine rings is 1. The molecule has 3 rings (SSSR count). The summed E-state index contributed by atoms with van der Waals surface area (Å²) in [6.45, 7) is 5.42. The van der Waals surface area contributed by atoms with Gasteiger partial charge >= 0.3 is 0 Å². The molecule has 0 aliphatic carbocycles. The number of nitrogens with one attached hydrogen (secondary N) is 2. The van der Waals surface area contributed by atoms with Crippen LogP contribution in [0.25, 0.3) is 0 Å². The maximum atomic E-state index is 12.2. The molecule has 30 heavy (non-hydrogen) atoms. The average Bonchev–Trinajstić information content (AvgIpc) is 3.28. The van der Waals surface area contributed by atoms with Gasteiger partial charge in [0.25, 0.3) is 0 Å². The first-order valence-corrected chi connectivity index (χ1v) is 12.6. The summed E-state index contributed by atoms with van der Waals surface area (Å²) >= 11 is 1.79. The number of thiophene rings is 1. The number of sulfonamides is 1. The molecule has 2 N–H and O–H groups in total. The summed E-state index contributed by atoms with van der Waals surface area (Å²) in [5, 5.41) is 10.3. The Hall–Kier alpha value is -2.10. The van der Waals surface area contributed by atoms with Crippen molar-refractivity contribution in [1.29, 1.82) is 0 Å². The van der Waals surface area contributed by atoms with E-state index in [9.17, 15) is 8.42 Å². The molecule has 1 aliphatic heterocycles. The molecule has 1 fully saturated rings. The van der Waals surface area contributed by atoms with Crippen molar-refractivity contribution < 1.29 is 8.42 Å². The molecular weight excluding hydrogens is 418 g/mol. The summed E-state index contributed by atoms with van der Waals surface area (Å²) in [5.74, 6) is 0.803. The van der Waals surface area contributed by atoms with E-state index in [1.165, 1.54) is 23.4 Å². The van der Waals surface area contributed by atoms with Gasteiger partial charge in [0.05, 0.1) is 16.4 Å². The van der Waals surface area contributed by atoms with Gasteiger partial charge in [0, 0.05) is 39.8 Å². The second-order valence-corrected chi connectivity index (χ2v) is 10.6. The molecule has 0 radical (unpaired) electrons. The summed E-state index contributed by atoms with van der Waals surface area (Å²) in [5.41, 5.74) is 0.970. The monoisotopic (exact) mass is 449 g/mol. The Labute approximate surface area is 183 Å². The normalized spacial score (nSPS) is 16.1. The van der Waals surface area contributed by atoms with Crippen LogP contribution in [0.1, 0.15) is 25.3 Å². The highest BCUT2D eigenvalue weighted by Crippen LogP contribution is 2.24. The van der Waals surface area contributed by atoms with Crippen LogP contribution in [-0.2, 0) is 16.6 Å². The van der Waals surface area contributed by atoms with Crippen molar-refractivity contribution in [2.24, 2.45) is 4.99 Å². The van der Waals surface area contributed by atoms with Crippen LogP contribution in [0.3, 0.4) is 0 Å². The maximum Gasteiger partial charge on any atom is 0.242 e. The lowest BCUT2D eigenvalue weighted by Crippen LogP contribution is -2.48. The predicted octanol–water partition coefficient (Wildman–Crippen LogP) is 2.72. The molecule has 9 heteroatoms. The summed E-state index contributed by atoms with van der Waals surface area (Å²) in [6.07, 6.45) is 2.14. The maximum absolute atomic E-state index is 12.2. The number of hydrogen-bond acceptors (Lipinski definition) is 5. The number of anilines is 1. The van der Waals surface area contributed by atoms with E-state index >= 15 is 0 Å². The lowest BCUT2D eigenvalue weighted by molar-refractivity contribution is 0.463. The van der Waals surface area contributed by atoms with Gasteiger partial charge in [-0.1, -0.05) is 12.1 Å². The van der Waals surface area contributed by atoms with Crippen LogP contribution in [0.4, 0.5) is 5.00 Å². The zero-order valence-electron chi connectivity index (χ0n) is 17.8. The van der Waals surface area contributed by atoms with Crippen molar-refractivity contribution in [3.05, 3.63) is 47.3 Å². The van der Waals surface area contributed by atoms with Crippen molar-refractivity contribution >= 4 is 32.3 Å². The molecule has 2 heterocycles. The minimum absolute atomic E-state index is 0.294. The van der Waals surface area contributed by atoms with Gasteiger partial charge in [0.15, 0.2) is 5.96 Å². The van der Waals surface area contributed by atoms with Gasteiger partial charge in [-0.25, -0.2) is 17.7 Å². The summed E-state index contributed by atoms with van der Waals surface area (Å²) in [4.78, 5) is 7.43. The van der Waals surface area contributed by atoms with E-state index in [1.807, 2.05) is 12.1 Å². The number of guanidine groups is 1. The number of nitrogens with zero attached hydrogens (tertiary/aromatic N) is 3. The molecule has 7 nitrogen and oxygen atoms in total. The van der Waals surface area contributed by atoms with E-state index < -0.39 is 10.0 Å². The molecule has 1 aromatic carbocycles. The number of rotatable bonds is 7. The highest BCUT2D eigenvalue weighted by atomic mass is 32.2. The fourth-order valence-electron chi connectivity index (χ4n) is 3.36. The Morgan fingerprint density at radius 3 is 2.47 bits per heavy atom. The van der Waals surface area contributed by atoms with Gasteiger partial charge in [0.2, 0.25) is 10.0 Å². The van der Waals surface area contributed by atoms with E-state index in [0.29, 0.717) is 17.5 Å². The lowest BCUT2D eigenvalue weighted by atomic mass is 10.1. The fraction of sp³-hybridized carbons (Fsp3) is 0.476. The predicted molar refractivity (Wildman–Crippen MR) is 125 cm³/mol. The van der Waals surface area contributed by atoms with Crippen LogP contribution in [0, 0.1) is 0 Å². The van der Waals surface area contributed by atoms with Crippen LogP contribution < -0.4 is 15.5 Å². The lowest BCUT2D eigenvalue weighted by Gasteiger charge is -2.33. The number of aliphatic imine (C=N–C) groups is 1. The fourth-order valence-corrected chi connectivity index (χ4v) is 5.04. The zero-order valence-corrected chi connectivity index (χ0v) is 19.5. The van der Waals surface area contributed by atoms with E-state index in [-0.39, 0.29) is 0 Å². The van der Waals surface area contributed by atoms with Crippen LogP contribution >= 0.6 is 11.3 Å². The van der Waals surface area contributed by atoms with Crippen molar-refractivity contribution in [3.63, 3.8) is 0 Å². The third kappa shape index (κ3) is 5.74. The third-order valence-corrected chi connectivity index (χ3v) is 7.88. The van der Waals surface area contributed by atoms with Crippen LogP contribution in [-0.4, -0.2) is 58.5 Å². The van der Waals surface area contributed by atoms with Crippen molar-refractivity contribution in [3.8, 4) is 0 Å². The van der Waals surface area contributed by atoms with Gasteiger partial charge in [-0.3, -0.25) is 0 Å². The van der Waals surface area contributed by atoms with E-state index in [2.05, 4.69) is 40.0 Å². The number of hydrogen-bond donors (Lipinski definition) is 2. The molecule has 0 unspecified atom stereocenters. The summed E-state index contributed by atoms with van der Waals surface area (Å²) in [6, 6.07) is 11.6. The molecule has 1 aliphatic rings. The Morgan fingerprint density at radius 1 is 1.20 bits per heavy atom. The van der Waals surface area contributed by atoms with Crippen LogP contribution in [0.5, 0.6) is 0 Å². The summed E-state index contributed by atoms with van der Waals surface area (Å²) in [7, 11) is -0.335. The molecule has 1 aromatic heterocycles. The largest absolute Gasteiger partial charge is 0.363 e. The van der Waals surface area contributed by atoms with Crippen molar-refractivity contribution in [2.45, 2.75) is 37.2 Å². The van der Waals surface area contributed by atoms with Gasteiger partial charge < -0.3 is 15.5 Å². The average molecular weight is 450 g/mol. The van der Waals surface area contributed by atoms with Crippen LogP contribution in [0.2, 0.25) is 0 Å². The first-order chi connectivity index (χ1) is 14.4. The Morgan fingerprint density at radius 2 is 1.90 bits per heavy atom. The van der Waals surface area contributed by atoms with Gasteiger partial charge in [0.1, 0.15) is 0 Å². The van der Waals surface area contributed by atoms with E-state index in [1.54, 1.807) is 23.5 Å². The quantitative estimate of drug-likeness (QED) is 0.502. The SMILES string of the molecule is CCNC(=NCc1ccc(S(=O)(=O)N(C)C)cc1)NC1CCN(c2cccs2)CC1. The molecule has 0 saturated carbocycles. The second kappa shape index (κ2) is 10.3. The minimum atomic E-state index is -3.40. The Kier molecular flexibility index (Phi) is 7.74. The highest BCUT2D eigenvalue weighted by molar-refractivity contribution is 7.89. The molecule has 164 valence electrons. The molecule has 0 bridgehead atoms. The van der Waals surface area contributed by atoms with Crippen LogP contribution in [0.15, 0.2) is 51.7 Å².